The van der Waals surface area contributed by atoms with E-state index in [2.05, 4.69) is 27.3 Å². The number of pyridine rings is 1. The van der Waals surface area contributed by atoms with E-state index in [0.29, 0.717) is 24.1 Å². The molecule has 0 radical (unpaired) electrons. The number of rotatable bonds is 6. The highest BCUT2D eigenvalue weighted by Gasteiger charge is 2.41. The van der Waals surface area contributed by atoms with Crippen molar-refractivity contribution in [2.24, 2.45) is 5.92 Å². The standard InChI is InChI=1S/C26H30N4O3/c31-24(9-8-20-5-2-1-3-6-20)30-14-11-26(12-15-30)18-21(10-16-32-26)17-23-28-25(29-33-23)22-7-4-13-27-19-22/h1-7,13,19,21H,8-12,14-18H2. The van der Waals surface area contributed by atoms with Crippen molar-refractivity contribution in [3.63, 3.8) is 0 Å². The molecule has 0 saturated carbocycles. The molecule has 2 aliphatic rings. The van der Waals surface area contributed by atoms with E-state index in [1.54, 1.807) is 12.4 Å². The Bertz CT molecular complexity index is 1050. The Morgan fingerprint density at radius 3 is 2.76 bits per heavy atom. The van der Waals surface area contributed by atoms with Crippen molar-refractivity contribution in [2.45, 2.75) is 50.5 Å². The number of amides is 1. The fourth-order valence-corrected chi connectivity index (χ4v) is 5.07. The van der Waals surface area contributed by atoms with E-state index in [0.717, 1.165) is 63.8 Å². The third kappa shape index (κ3) is 5.30. The third-order valence-electron chi connectivity index (χ3n) is 6.94. The monoisotopic (exact) mass is 446 g/mol. The van der Waals surface area contributed by atoms with E-state index >= 15 is 0 Å². The van der Waals surface area contributed by atoms with Gasteiger partial charge in [0.15, 0.2) is 0 Å². The zero-order valence-corrected chi connectivity index (χ0v) is 18.9. The summed E-state index contributed by atoms with van der Waals surface area (Å²) >= 11 is 0. The molecule has 33 heavy (non-hydrogen) atoms. The van der Waals surface area contributed by atoms with E-state index < -0.39 is 0 Å². The first-order valence-electron chi connectivity index (χ1n) is 11.9. The quantitative estimate of drug-likeness (QED) is 0.567. The zero-order valence-electron chi connectivity index (χ0n) is 18.9. The molecule has 7 heteroatoms. The van der Waals surface area contributed by atoms with Gasteiger partial charge in [-0.25, -0.2) is 0 Å². The molecular formula is C26H30N4O3. The molecule has 2 aliphatic heterocycles. The van der Waals surface area contributed by atoms with Crippen LogP contribution in [0.1, 0.15) is 43.6 Å². The van der Waals surface area contributed by atoms with Crippen molar-refractivity contribution >= 4 is 5.91 Å². The predicted molar refractivity (Wildman–Crippen MR) is 123 cm³/mol. The summed E-state index contributed by atoms with van der Waals surface area (Å²) in [4.78, 5) is 23.4. The van der Waals surface area contributed by atoms with Gasteiger partial charge in [-0.3, -0.25) is 9.78 Å². The number of hydrogen-bond acceptors (Lipinski definition) is 6. The number of ether oxygens (including phenoxy) is 1. The van der Waals surface area contributed by atoms with Crippen molar-refractivity contribution in [1.82, 2.24) is 20.0 Å². The second-order valence-corrected chi connectivity index (χ2v) is 9.21. The van der Waals surface area contributed by atoms with Crippen LogP contribution in [0.15, 0.2) is 59.4 Å². The lowest BCUT2D eigenvalue weighted by atomic mass is 9.78. The lowest BCUT2D eigenvalue weighted by Gasteiger charge is -2.46. The van der Waals surface area contributed by atoms with Crippen LogP contribution in [0.2, 0.25) is 0 Å². The van der Waals surface area contributed by atoms with Gasteiger partial charge in [-0.1, -0.05) is 35.5 Å². The summed E-state index contributed by atoms with van der Waals surface area (Å²) in [6, 6.07) is 14.0. The number of hydrogen-bond donors (Lipinski definition) is 0. The summed E-state index contributed by atoms with van der Waals surface area (Å²) in [6.45, 7) is 2.29. The number of nitrogens with zero attached hydrogens (tertiary/aromatic N) is 4. The molecule has 0 aliphatic carbocycles. The Kier molecular flexibility index (Phi) is 6.48. The summed E-state index contributed by atoms with van der Waals surface area (Å²) in [5.74, 6) is 1.95. The van der Waals surface area contributed by atoms with Gasteiger partial charge >= 0.3 is 0 Å². The molecule has 5 rings (SSSR count). The average molecular weight is 447 g/mol. The molecule has 2 saturated heterocycles. The highest BCUT2D eigenvalue weighted by atomic mass is 16.5. The largest absolute Gasteiger partial charge is 0.375 e. The lowest BCUT2D eigenvalue weighted by Crippen LogP contribution is -2.51. The third-order valence-corrected chi connectivity index (χ3v) is 6.94. The molecule has 2 fully saturated rings. The molecule has 1 unspecified atom stereocenters. The van der Waals surface area contributed by atoms with Crippen molar-refractivity contribution in [3.05, 3.63) is 66.3 Å². The van der Waals surface area contributed by atoms with Gasteiger partial charge in [0.2, 0.25) is 17.6 Å². The molecule has 3 aromatic rings. The van der Waals surface area contributed by atoms with Crippen molar-refractivity contribution in [1.29, 1.82) is 0 Å². The van der Waals surface area contributed by atoms with Gasteiger partial charge in [0.25, 0.3) is 0 Å². The van der Waals surface area contributed by atoms with Crippen LogP contribution in [0, 0.1) is 5.92 Å². The Morgan fingerprint density at radius 1 is 1.12 bits per heavy atom. The van der Waals surface area contributed by atoms with Gasteiger partial charge in [0, 0.05) is 50.5 Å². The fraction of sp³-hybridized carbons (Fsp3) is 0.462. The van der Waals surface area contributed by atoms with Gasteiger partial charge in [0.05, 0.1) is 5.60 Å². The van der Waals surface area contributed by atoms with Crippen LogP contribution in [0.5, 0.6) is 0 Å². The molecule has 1 aromatic carbocycles. The van der Waals surface area contributed by atoms with Gasteiger partial charge in [0.1, 0.15) is 0 Å². The summed E-state index contributed by atoms with van der Waals surface area (Å²) in [7, 11) is 0. The maximum absolute atomic E-state index is 12.7. The van der Waals surface area contributed by atoms with E-state index in [9.17, 15) is 4.79 Å². The average Bonchev–Trinajstić information content (AvgIpc) is 3.33. The Labute approximate surface area is 194 Å². The fourth-order valence-electron chi connectivity index (χ4n) is 5.07. The first-order valence-corrected chi connectivity index (χ1v) is 11.9. The normalized spacial score (nSPS) is 20.1. The van der Waals surface area contributed by atoms with Crippen LogP contribution >= 0.6 is 0 Å². The van der Waals surface area contributed by atoms with Gasteiger partial charge in [-0.2, -0.15) is 4.98 Å². The summed E-state index contributed by atoms with van der Waals surface area (Å²) in [6.07, 6.45) is 9.35. The molecular weight excluding hydrogens is 416 g/mol. The van der Waals surface area contributed by atoms with E-state index in [4.69, 9.17) is 9.26 Å². The maximum atomic E-state index is 12.7. The van der Waals surface area contributed by atoms with E-state index in [1.165, 1.54) is 5.56 Å². The number of aryl methyl sites for hydroxylation is 1. The van der Waals surface area contributed by atoms with Crippen molar-refractivity contribution < 1.29 is 14.1 Å². The number of aromatic nitrogens is 3. The van der Waals surface area contributed by atoms with E-state index in [-0.39, 0.29) is 11.5 Å². The smallest absolute Gasteiger partial charge is 0.227 e. The molecule has 1 amide bonds. The van der Waals surface area contributed by atoms with Gasteiger partial charge < -0.3 is 14.2 Å². The Balaban J connectivity index is 1.13. The number of piperidine rings is 1. The second kappa shape index (κ2) is 9.83. The highest BCUT2D eigenvalue weighted by molar-refractivity contribution is 5.76. The maximum Gasteiger partial charge on any atom is 0.227 e. The molecule has 0 N–H and O–H groups in total. The second-order valence-electron chi connectivity index (χ2n) is 9.21. The number of benzene rings is 1. The number of carbonyl (C=O) groups is 1. The minimum absolute atomic E-state index is 0.134. The van der Waals surface area contributed by atoms with Gasteiger partial charge in [-0.05, 0) is 55.7 Å². The molecule has 1 spiro atoms. The minimum atomic E-state index is -0.134. The van der Waals surface area contributed by atoms with Gasteiger partial charge in [-0.15, -0.1) is 0 Å². The molecule has 0 bridgehead atoms. The van der Waals surface area contributed by atoms with E-state index in [1.807, 2.05) is 35.2 Å². The lowest BCUT2D eigenvalue weighted by molar-refractivity contribution is -0.147. The topological polar surface area (TPSA) is 81.4 Å². The molecule has 1 atom stereocenters. The number of carbonyl (C=O) groups excluding carboxylic acids is 1. The van der Waals surface area contributed by atoms with Crippen molar-refractivity contribution in [2.75, 3.05) is 19.7 Å². The van der Waals surface area contributed by atoms with Crippen molar-refractivity contribution in [3.8, 4) is 11.4 Å². The first-order chi connectivity index (χ1) is 16.2. The van der Waals surface area contributed by atoms with Crippen LogP contribution < -0.4 is 0 Å². The summed E-state index contributed by atoms with van der Waals surface area (Å²) < 4.78 is 11.8. The zero-order chi connectivity index (χ0) is 22.5. The SMILES string of the molecule is O=C(CCc1ccccc1)N1CCC2(CC1)CC(Cc1nc(-c3cccnc3)no1)CCO2. The molecule has 7 nitrogen and oxygen atoms in total. The molecule has 172 valence electrons. The predicted octanol–water partition coefficient (Wildman–Crippen LogP) is 4.09. The Hall–Kier alpha value is -3.06. The van der Waals surface area contributed by atoms with Crippen LogP contribution in [-0.2, 0) is 22.4 Å². The molecule has 2 aromatic heterocycles. The molecule has 4 heterocycles. The summed E-state index contributed by atoms with van der Waals surface area (Å²) in [5.41, 5.74) is 1.94. The van der Waals surface area contributed by atoms with Crippen LogP contribution in [0.25, 0.3) is 11.4 Å². The minimum Gasteiger partial charge on any atom is -0.375 e. The van der Waals surface area contributed by atoms with Crippen LogP contribution in [-0.4, -0.2) is 51.2 Å². The Morgan fingerprint density at radius 2 is 1.97 bits per heavy atom. The van der Waals surface area contributed by atoms with Crippen LogP contribution in [0.4, 0.5) is 0 Å². The number of likely N-dealkylation sites (tertiary alicyclic amines) is 1. The van der Waals surface area contributed by atoms with Crippen LogP contribution in [0.3, 0.4) is 0 Å². The first kappa shape index (κ1) is 21.8. The highest BCUT2D eigenvalue weighted by Crippen LogP contribution is 2.39. The summed E-state index contributed by atoms with van der Waals surface area (Å²) in [5, 5.41) is 4.12.